The highest BCUT2D eigenvalue weighted by molar-refractivity contribution is 6.07. The number of carbonyl (C=O) groups is 1. The fourth-order valence-corrected chi connectivity index (χ4v) is 1.96. The summed E-state index contributed by atoms with van der Waals surface area (Å²) >= 11 is 0. The van der Waals surface area contributed by atoms with Gasteiger partial charge >= 0.3 is 0 Å². The normalized spacial score (nSPS) is 10.2. The number of ether oxygens (including phenoxy) is 1. The molecule has 21 heavy (non-hydrogen) atoms. The van der Waals surface area contributed by atoms with Crippen molar-refractivity contribution in [1.82, 2.24) is 0 Å². The van der Waals surface area contributed by atoms with Gasteiger partial charge in [-0.1, -0.05) is 12.1 Å². The zero-order chi connectivity index (χ0) is 15.4. The van der Waals surface area contributed by atoms with Crippen LogP contribution in [0.4, 0.5) is 15.8 Å². The Hall–Kier alpha value is -2.56. The van der Waals surface area contributed by atoms with Crippen LogP contribution in [0.5, 0.6) is 5.75 Å². The van der Waals surface area contributed by atoms with Crippen LogP contribution in [-0.2, 0) is 0 Å². The zero-order valence-corrected chi connectivity index (χ0v) is 11.9. The lowest BCUT2D eigenvalue weighted by Gasteiger charge is -2.13. The number of hydrogen-bond donors (Lipinski definition) is 2. The molecule has 0 aliphatic carbocycles. The number of rotatable bonds is 4. The van der Waals surface area contributed by atoms with Crippen LogP contribution in [0.1, 0.15) is 22.8 Å². The van der Waals surface area contributed by atoms with Gasteiger partial charge in [0.25, 0.3) is 5.91 Å². The van der Waals surface area contributed by atoms with Crippen molar-refractivity contribution >= 4 is 17.3 Å². The third-order valence-electron chi connectivity index (χ3n) is 3.03. The third kappa shape index (κ3) is 3.31. The number of nitrogen functional groups attached to an aromatic ring is 1. The van der Waals surface area contributed by atoms with Crippen molar-refractivity contribution in [1.29, 1.82) is 0 Å². The van der Waals surface area contributed by atoms with E-state index in [4.69, 9.17) is 10.5 Å². The number of aryl methyl sites for hydroxylation is 1. The van der Waals surface area contributed by atoms with E-state index in [9.17, 15) is 9.18 Å². The fraction of sp³-hybridized carbons (Fsp3) is 0.188. The standard InChI is InChI=1S/C16H17FN2O2/c1-3-21-15-12(5-4-6-13(15)18)16(20)19-14-9-11(17)8-7-10(14)2/h4-9H,3,18H2,1-2H3,(H,19,20). The maximum absolute atomic E-state index is 13.3. The highest BCUT2D eigenvalue weighted by atomic mass is 19.1. The maximum atomic E-state index is 13.3. The first-order chi connectivity index (χ1) is 10.0. The molecule has 2 aromatic carbocycles. The van der Waals surface area contributed by atoms with E-state index in [1.165, 1.54) is 12.1 Å². The van der Waals surface area contributed by atoms with E-state index in [2.05, 4.69) is 5.32 Å². The summed E-state index contributed by atoms with van der Waals surface area (Å²) in [4.78, 5) is 12.4. The van der Waals surface area contributed by atoms with E-state index in [0.29, 0.717) is 29.3 Å². The summed E-state index contributed by atoms with van der Waals surface area (Å²) in [6, 6.07) is 9.18. The van der Waals surface area contributed by atoms with E-state index < -0.39 is 5.82 Å². The molecule has 0 radical (unpaired) electrons. The summed E-state index contributed by atoms with van der Waals surface area (Å²) in [5, 5.41) is 2.68. The molecule has 0 saturated heterocycles. The quantitative estimate of drug-likeness (QED) is 0.848. The Bertz CT molecular complexity index is 671. The summed E-state index contributed by atoms with van der Waals surface area (Å²) in [6.45, 7) is 4.00. The van der Waals surface area contributed by atoms with Crippen molar-refractivity contribution in [3.63, 3.8) is 0 Å². The highest BCUT2D eigenvalue weighted by Crippen LogP contribution is 2.27. The van der Waals surface area contributed by atoms with Crippen LogP contribution < -0.4 is 15.8 Å². The summed E-state index contributed by atoms with van der Waals surface area (Å²) in [5.74, 6) is -0.459. The molecule has 0 saturated carbocycles. The van der Waals surface area contributed by atoms with Crippen LogP contribution in [0.2, 0.25) is 0 Å². The second-order valence-corrected chi connectivity index (χ2v) is 4.57. The molecule has 0 aliphatic rings. The zero-order valence-electron chi connectivity index (χ0n) is 11.9. The van der Waals surface area contributed by atoms with Gasteiger partial charge in [-0.25, -0.2) is 4.39 Å². The Kier molecular flexibility index (Phi) is 4.42. The molecule has 0 fully saturated rings. The first-order valence-electron chi connectivity index (χ1n) is 6.61. The maximum Gasteiger partial charge on any atom is 0.259 e. The molecule has 110 valence electrons. The van der Waals surface area contributed by atoms with Gasteiger partial charge in [0.2, 0.25) is 0 Å². The lowest BCUT2D eigenvalue weighted by Crippen LogP contribution is -2.15. The monoisotopic (exact) mass is 288 g/mol. The van der Waals surface area contributed by atoms with E-state index in [1.54, 1.807) is 31.2 Å². The number of anilines is 2. The van der Waals surface area contributed by atoms with E-state index >= 15 is 0 Å². The van der Waals surface area contributed by atoms with Crippen LogP contribution in [0.3, 0.4) is 0 Å². The number of benzene rings is 2. The van der Waals surface area contributed by atoms with Crippen molar-refractivity contribution in [2.75, 3.05) is 17.7 Å². The van der Waals surface area contributed by atoms with Crippen LogP contribution in [0, 0.1) is 12.7 Å². The molecule has 0 bridgehead atoms. The number of halogens is 1. The first kappa shape index (κ1) is 14.8. The molecule has 1 amide bonds. The van der Waals surface area contributed by atoms with Gasteiger partial charge in [0.1, 0.15) is 5.82 Å². The van der Waals surface area contributed by atoms with Gasteiger partial charge < -0.3 is 15.8 Å². The second kappa shape index (κ2) is 6.26. The topological polar surface area (TPSA) is 64.3 Å². The average Bonchev–Trinajstić information content (AvgIpc) is 2.45. The first-order valence-corrected chi connectivity index (χ1v) is 6.61. The molecule has 0 atom stereocenters. The van der Waals surface area contributed by atoms with E-state index in [-0.39, 0.29) is 5.91 Å². The van der Waals surface area contributed by atoms with Crippen LogP contribution in [0.15, 0.2) is 36.4 Å². The van der Waals surface area contributed by atoms with Crippen molar-refractivity contribution in [3.05, 3.63) is 53.3 Å². The molecule has 0 aromatic heterocycles. The van der Waals surface area contributed by atoms with E-state index in [0.717, 1.165) is 5.56 Å². The minimum absolute atomic E-state index is 0.320. The average molecular weight is 288 g/mol. The Morgan fingerprint density at radius 1 is 1.33 bits per heavy atom. The van der Waals surface area contributed by atoms with Crippen LogP contribution in [0.25, 0.3) is 0 Å². The van der Waals surface area contributed by atoms with E-state index in [1.807, 2.05) is 6.92 Å². The Labute approximate surface area is 122 Å². The Morgan fingerprint density at radius 3 is 2.81 bits per heavy atom. The fourth-order valence-electron chi connectivity index (χ4n) is 1.96. The third-order valence-corrected chi connectivity index (χ3v) is 3.03. The highest BCUT2D eigenvalue weighted by Gasteiger charge is 2.16. The molecule has 2 aromatic rings. The molecule has 4 nitrogen and oxygen atoms in total. The van der Waals surface area contributed by atoms with Crippen molar-refractivity contribution in [2.24, 2.45) is 0 Å². The van der Waals surface area contributed by atoms with Gasteiger partial charge in [-0.15, -0.1) is 0 Å². The minimum atomic E-state index is -0.409. The lowest BCUT2D eigenvalue weighted by molar-refractivity contribution is 0.102. The van der Waals surface area contributed by atoms with Crippen LogP contribution >= 0.6 is 0 Å². The van der Waals surface area contributed by atoms with Gasteiger partial charge in [0, 0.05) is 5.69 Å². The molecular weight excluding hydrogens is 271 g/mol. The molecule has 0 spiro atoms. The summed E-state index contributed by atoms with van der Waals surface area (Å²) in [7, 11) is 0. The van der Waals surface area contributed by atoms with Gasteiger partial charge in [-0.3, -0.25) is 4.79 Å². The molecule has 0 aliphatic heterocycles. The SMILES string of the molecule is CCOc1c(N)cccc1C(=O)Nc1cc(F)ccc1C. The second-order valence-electron chi connectivity index (χ2n) is 4.57. The molecule has 2 rings (SSSR count). The number of nitrogens with one attached hydrogen (secondary N) is 1. The van der Waals surface area contributed by atoms with Gasteiger partial charge in [-0.2, -0.15) is 0 Å². The predicted octanol–water partition coefficient (Wildman–Crippen LogP) is 3.37. The van der Waals surface area contributed by atoms with Crippen molar-refractivity contribution < 1.29 is 13.9 Å². The molecule has 5 heteroatoms. The van der Waals surface area contributed by atoms with Crippen LogP contribution in [-0.4, -0.2) is 12.5 Å². The molecule has 0 unspecified atom stereocenters. The molecule has 3 N–H and O–H groups in total. The number of para-hydroxylation sites is 1. The summed E-state index contributed by atoms with van der Waals surface area (Å²) in [5.41, 5.74) is 7.73. The number of nitrogens with two attached hydrogens (primary N) is 1. The number of carbonyl (C=O) groups excluding carboxylic acids is 1. The van der Waals surface area contributed by atoms with Gasteiger partial charge in [0.05, 0.1) is 17.9 Å². The minimum Gasteiger partial charge on any atom is -0.491 e. The molecule has 0 heterocycles. The van der Waals surface area contributed by atoms with Gasteiger partial charge in [0.15, 0.2) is 5.75 Å². The Balaban J connectivity index is 2.32. The summed E-state index contributed by atoms with van der Waals surface area (Å²) < 4.78 is 18.7. The number of amides is 1. The smallest absolute Gasteiger partial charge is 0.259 e. The van der Waals surface area contributed by atoms with Crippen molar-refractivity contribution in [2.45, 2.75) is 13.8 Å². The largest absolute Gasteiger partial charge is 0.491 e. The molecular formula is C16H17FN2O2. The van der Waals surface area contributed by atoms with Crippen molar-refractivity contribution in [3.8, 4) is 5.75 Å². The predicted molar refractivity (Wildman–Crippen MR) is 81.1 cm³/mol. The summed E-state index contributed by atoms with van der Waals surface area (Å²) in [6.07, 6.45) is 0. The lowest BCUT2D eigenvalue weighted by atomic mass is 10.1. The number of hydrogen-bond acceptors (Lipinski definition) is 3. The van der Waals surface area contributed by atoms with Gasteiger partial charge in [-0.05, 0) is 43.7 Å². The Morgan fingerprint density at radius 2 is 2.10 bits per heavy atom.